The third kappa shape index (κ3) is 3.10. The van der Waals surface area contributed by atoms with Crippen LogP contribution in [0.15, 0.2) is 47.4 Å². The summed E-state index contributed by atoms with van der Waals surface area (Å²) in [5.41, 5.74) is 1.57. The van der Waals surface area contributed by atoms with Gasteiger partial charge in [0.15, 0.2) is 0 Å². The highest BCUT2D eigenvalue weighted by Gasteiger charge is 2.18. The maximum atomic E-state index is 12.3. The number of rotatable bonds is 3. The molecule has 2 aromatic rings. The molecule has 2 aromatic carbocycles. The maximum absolute atomic E-state index is 12.3. The van der Waals surface area contributed by atoms with Gasteiger partial charge in [0.1, 0.15) is 4.90 Å². The van der Waals surface area contributed by atoms with Gasteiger partial charge in [-0.15, -0.1) is 0 Å². The number of nitrogens with zero attached hydrogens (tertiary/aromatic N) is 1. The average molecular weight is 307 g/mol. The van der Waals surface area contributed by atoms with Crippen LogP contribution < -0.4 is 4.72 Å². The molecule has 0 fully saturated rings. The summed E-state index contributed by atoms with van der Waals surface area (Å²) < 4.78 is 26.9. The molecular formula is C14H11ClN2O2S. The van der Waals surface area contributed by atoms with Crippen LogP contribution in [0.3, 0.4) is 0 Å². The number of hydrogen-bond acceptors (Lipinski definition) is 3. The molecule has 0 spiro atoms. The van der Waals surface area contributed by atoms with E-state index in [1.807, 2.05) is 13.0 Å². The molecule has 0 amide bonds. The summed E-state index contributed by atoms with van der Waals surface area (Å²) in [5.74, 6) is 0. The summed E-state index contributed by atoms with van der Waals surface area (Å²) in [6.45, 7) is 1.83. The van der Waals surface area contributed by atoms with Gasteiger partial charge < -0.3 is 0 Å². The second kappa shape index (κ2) is 5.53. The third-order valence-electron chi connectivity index (χ3n) is 2.62. The number of anilines is 1. The molecule has 2 rings (SSSR count). The largest absolute Gasteiger partial charge is 0.280 e. The van der Waals surface area contributed by atoms with Crippen molar-refractivity contribution in [2.45, 2.75) is 11.8 Å². The smallest absolute Gasteiger partial charge is 0.263 e. The summed E-state index contributed by atoms with van der Waals surface area (Å²) in [4.78, 5) is 0.00660. The molecule has 0 bridgehead atoms. The van der Waals surface area contributed by atoms with Crippen molar-refractivity contribution in [1.82, 2.24) is 0 Å². The number of nitriles is 1. The van der Waals surface area contributed by atoms with E-state index in [0.29, 0.717) is 11.3 Å². The van der Waals surface area contributed by atoms with Crippen molar-refractivity contribution in [3.8, 4) is 6.07 Å². The van der Waals surface area contributed by atoms with Crippen molar-refractivity contribution in [2.24, 2.45) is 0 Å². The van der Waals surface area contributed by atoms with Gasteiger partial charge in [-0.05, 0) is 42.8 Å². The lowest BCUT2D eigenvalue weighted by atomic mass is 10.2. The molecule has 4 nitrogen and oxygen atoms in total. The Balaban J connectivity index is 2.38. The van der Waals surface area contributed by atoms with Crippen LogP contribution >= 0.6 is 11.6 Å². The molecular weight excluding hydrogens is 296 g/mol. The molecule has 1 N–H and O–H groups in total. The van der Waals surface area contributed by atoms with Crippen LogP contribution in [0, 0.1) is 18.3 Å². The average Bonchev–Trinajstić information content (AvgIpc) is 2.37. The highest BCUT2D eigenvalue weighted by atomic mass is 35.5. The van der Waals surface area contributed by atoms with E-state index < -0.39 is 10.0 Å². The van der Waals surface area contributed by atoms with Crippen molar-refractivity contribution < 1.29 is 8.42 Å². The second-order valence-electron chi connectivity index (χ2n) is 4.23. The van der Waals surface area contributed by atoms with E-state index >= 15 is 0 Å². The molecule has 0 aliphatic rings. The van der Waals surface area contributed by atoms with Gasteiger partial charge in [-0.1, -0.05) is 23.7 Å². The molecule has 20 heavy (non-hydrogen) atoms. The predicted molar refractivity (Wildman–Crippen MR) is 78.2 cm³/mol. The zero-order chi connectivity index (χ0) is 14.8. The van der Waals surface area contributed by atoms with Gasteiger partial charge in [0.25, 0.3) is 10.0 Å². The first-order chi connectivity index (χ1) is 9.42. The molecule has 0 aliphatic heterocycles. The van der Waals surface area contributed by atoms with Crippen molar-refractivity contribution in [1.29, 1.82) is 5.26 Å². The van der Waals surface area contributed by atoms with E-state index in [1.165, 1.54) is 12.1 Å². The standard InChI is InChI=1S/C14H11ClN2O2S/c1-10-5-6-14(13(15)7-10)20(18,19)17-12-4-2-3-11(8-12)9-16/h2-8,17H,1H3. The van der Waals surface area contributed by atoms with Gasteiger partial charge in [-0.2, -0.15) is 5.26 Å². The van der Waals surface area contributed by atoms with Gasteiger partial charge in [-0.3, -0.25) is 4.72 Å². The molecule has 0 radical (unpaired) electrons. The Labute approximate surface area is 122 Å². The predicted octanol–water partition coefficient (Wildman–Crippen LogP) is 3.32. The molecule has 0 heterocycles. The lowest BCUT2D eigenvalue weighted by molar-refractivity contribution is 0.601. The van der Waals surface area contributed by atoms with Gasteiger partial charge in [0.05, 0.1) is 22.3 Å². The fourth-order valence-electron chi connectivity index (χ4n) is 1.69. The van der Waals surface area contributed by atoms with E-state index in [4.69, 9.17) is 16.9 Å². The normalized spacial score (nSPS) is 10.8. The Hall–Kier alpha value is -2.03. The molecule has 0 atom stereocenters. The molecule has 0 aliphatic carbocycles. The number of benzene rings is 2. The van der Waals surface area contributed by atoms with Gasteiger partial charge in [0, 0.05) is 0 Å². The topological polar surface area (TPSA) is 70.0 Å². The molecule has 0 saturated heterocycles. The monoisotopic (exact) mass is 306 g/mol. The van der Waals surface area contributed by atoms with E-state index in [0.717, 1.165) is 5.56 Å². The van der Waals surface area contributed by atoms with Crippen LogP contribution in [0.25, 0.3) is 0 Å². The van der Waals surface area contributed by atoms with Crippen LogP contribution in [0.2, 0.25) is 5.02 Å². The van der Waals surface area contributed by atoms with E-state index in [-0.39, 0.29) is 9.92 Å². The first kappa shape index (κ1) is 14.4. The Morgan fingerprint density at radius 3 is 2.60 bits per heavy atom. The van der Waals surface area contributed by atoms with Gasteiger partial charge in [-0.25, -0.2) is 8.42 Å². The summed E-state index contributed by atoms with van der Waals surface area (Å²) in [6.07, 6.45) is 0. The number of nitrogens with one attached hydrogen (secondary N) is 1. The number of hydrogen-bond donors (Lipinski definition) is 1. The fourth-order valence-corrected chi connectivity index (χ4v) is 3.34. The van der Waals surface area contributed by atoms with Crippen LogP contribution in [0.5, 0.6) is 0 Å². The Kier molecular flexibility index (Phi) is 3.98. The zero-order valence-corrected chi connectivity index (χ0v) is 12.2. The van der Waals surface area contributed by atoms with Gasteiger partial charge >= 0.3 is 0 Å². The Bertz CT molecular complexity index is 795. The quantitative estimate of drug-likeness (QED) is 0.945. The second-order valence-corrected chi connectivity index (χ2v) is 6.29. The third-order valence-corrected chi connectivity index (χ3v) is 4.49. The van der Waals surface area contributed by atoms with Crippen LogP contribution in [0.1, 0.15) is 11.1 Å². The van der Waals surface area contributed by atoms with Crippen LogP contribution in [-0.4, -0.2) is 8.42 Å². The van der Waals surface area contributed by atoms with Crippen molar-refractivity contribution in [2.75, 3.05) is 4.72 Å². The zero-order valence-electron chi connectivity index (χ0n) is 10.6. The lowest BCUT2D eigenvalue weighted by Crippen LogP contribution is -2.13. The van der Waals surface area contributed by atoms with E-state index in [1.54, 1.807) is 30.3 Å². The minimum absolute atomic E-state index is 0.00660. The number of sulfonamides is 1. The first-order valence-corrected chi connectivity index (χ1v) is 7.57. The lowest BCUT2D eigenvalue weighted by Gasteiger charge is -2.10. The molecule has 6 heteroatoms. The summed E-state index contributed by atoms with van der Waals surface area (Å²) in [7, 11) is -3.78. The van der Waals surface area contributed by atoms with E-state index in [2.05, 4.69) is 4.72 Å². The summed E-state index contributed by atoms with van der Waals surface area (Å²) in [5, 5.41) is 8.96. The number of halogens is 1. The molecule has 0 saturated carbocycles. The maximum Gasteiger partial charge on any atom is 0.263 e. The minimum atomic E-state index is -3.78. The molecule has 0 aromatic heterocycles. The van der Waals surface area contributed by atoms with Crippen molar-refractivity contribution >= 4 is 27.3 Å². The van der Waals surface area contributed by atoms with E-state index in [9.17, 15) is 8.42 Å². The highest BCUT2D eigenvalue weighted by Crippen LogP contribution is 2.25. The van der Waals surface area contributed by atoms with Crippen LogP contribution in [-0.2, 0) is 10.0 Å². The van der Waals surface area contributed by atoms with Gasteiger partial charge in [0.2, 0.25) is 0 Å². The number of aryl methyl sites for hydroxylation is 1. The minimum Gasteiger partial charge on any atom is -0.280 e. The van der Waals surface area contributed by atoms with Crippen molar-refractivity contribution in [3.05, 3.63) is 58.6 Å². The summed E-state index contributed by atoms with van der Waals surface area (Å²) >= 11 is 5.97. The van der Waals surface area contributed by atoms with Crippen molar-refractivity contribution in [3.63, 3.8) is 0 Å². The Morgan fingerprint density at radius 1 is 1.20 bits per heavy atom. The SMILES string of the molecule is Cc1ccc(S(=O)(=O)Nc2cccc(C#N)c2)c(Cl)c1. The summed E-state index contributed by atoms with van der Waals surface area (Å²) in [6, 6.07) is 12.9. The first-order valence-electron chi connectivity index (χ1n) is 5.71. The molecule has 0 unspecified atom stereocenters. The van der Waals surface area contributed by atoms with Crippen LogP contribution in [0.4, 0.5) is 5.69 Å². The highest BCUT2D eigenvalue weighted by molar-refractivity contribution is 7.92. The molecule has 102 valence electrons. The fraction of sp³-hybridized carbons (Fsp3) is 0.0714. The Morgan fingerprint density at radius 2 is 1.95 bits per heavy atom.